The van der Waals surface area contributed by atoms with Crippen LogP contribution in [0, 0.1) is 0 Å². The van der Waals surface area contributed by atoms with Crippen LogP contribution in [0.15, 0.2) is 24.3 Å². The maximum Gasteiger partial charge on any atom is 0.314 e. The Labute approximate surface area is 95.7 Å². The van der Waals surface area contributed by atoms with Crippen molar-refractivity contribution in [1.29, 1.82) is 0 Å². The normalized spacial score (nSPS) is 11.0. The first-order valence-electron chi connectivity index (χ1n) is 5.21. The summed E-state index contributed by atoms with van der Waals surface area (Å²) in [7, 11) is 1.58. The monoisotopic (exact) mass is 222 g/mol. The van der Waals surface area contributed by atoms with E-state index < -0.39 is 5.60 Å². The average molecular weight is 222 g/mol. The summed E-state index contributed by atoms with van der Waals surface area (Å²) < 4.78 is 0. The fourth-order valence-electron chi connectivity index (χ4n) is 1.30. The number of hydrogen-bond donors (Lipinski definition) is 3. The van der Waals surface area contributed by atoms with Crippen LogP contribution in [0.25, 0.3) is 0 Å². The molecule has 3 N–H and O–H groups in total. The van der Waals surface area contributed by atoms with Crippen LogP contribution in [0.2, 0.25) is 0 Å². The third-order valence-electron chi connectivity index (χ3n) is 2.34. The summed E-state index contributed by atoms with van der Waals surface area (Å²) in [5.41, 5.74) is 1.03. The largest absolute Gasteiger partial charge is 0.386 e. The molecule has 0 bridgehead atoms. The number of nitrogens with one attached hydrogen (secondary N) is 2. The number of hydrogen-bond acceptors (Lipinski definition) is 2. The molecule has 1 aromatic rings. The molecule has 1 aromatic carbocycles. The molecule has 0 spiro atoms. The molecule has 0 heterocycles. The van der Waals surface area contributed by atoms with Crippen molar-refractivity contribution >= 4 is 6.03 Å². The van der Waals surface area contributed by atoms with Crippen LogP contribution in [0.4, 0.5) is 4.79 Å². The molecule has 0 radical (unpaired) electrons. The fraction of sp³-hybridized carbons (Fsp3) is 0.417. The van der Waals surface area contributed by atoms with Crippen LogP contribution < -0.4 is 10.6 Å². The first-order chi connectivity index (χ1) is 7.43. The van der Waals surface area contributed by atoms with Crippen molar-refractivity contribution in [3.05, 3.63) is 35.4 Å². The highest BCUT2D eigenvalue weighted by Gasteiger charge is 2.14. The zero-order valence-electron chi connectivity index (χ0n) is 9.87. The number of amides is 2. The number of rotatable bonds is 3. The lowest BCUT2D eigenvalue weighted by Crippen LogP contribution is -2.32. The Kier molecular flexibility index (Phi) is 3.90. The first kappa shape index (κ1) is 12.5. The van der Waals surface area contributed by atoms with E-state index in [4.69, 9.17) is 0 Å². The Balaban J connectivity index is 2.62. The summed E-state index contributed by atoms with van der Waals surface area (Å²) in [6.07, 6.45) is 0. The summed E-state index contributed by atoms with van der Waals surface area (Å²) in [6.45, 7) is 3.96. The maximum absolute atomic E-state index is 10.9. The van der Waals surface area contributed by atoms with E-state index in [1.165, 1.54) is 0 Å². The Morgan fingerprint density at radius 2 is 1.88 bits per heavy atom. The zero-order valence-corrected chi connectivity index (χ0v) is 9.87. The van der Waals surface area contributed by atoms with Crippen molar-refractivity contribution in [2.75, 3.05) is 7.05 Å². The van der Waals surface area contributed by atoms with Crippen LogP contribution in [0.1, 0.15) is 25.0 Å². The number of aliphatic hydroxyl groups is 1. The van der Waals surface area contributed by atoms with Gasteiger partial charge in [0.1, 0.15) is 0 Å². The van der Waals surface area contributed by atoms with E-state index in [2.05, 4.69) is 10.6 Å². The van der Waals surface area contributed by atoms with Crippen LogP contribution in [-0.4, -0.2) is 18.2 Å². The second kappa shape index (κ2) is 4.99. The van der Waals surface area contributed by atoms with Gasteiger partial charge in [-0.3, -0.25) is 0 Å². The van der Waals surface area contributed by atoms with Gasteiger partial charge in [0.25, 0.3) is 0 Å². The van der Waals surface area contributed by atoms with Gasteiger partial charge in [0.15, 0.2) is 0 Å². The molecule has 0 aliphatic carbocycles. The van der Waals surface area contributed by atoms with E-state index >= 15 is 0 Å². The lowest BCUT2D eigenvalue weighted by atomic mass is 9.97. The molecule has 0 atom stereocenters. The maximum atomic E-state index is 10.9. The standard InChI is InChI=1S/C12H18N2O2/c1-12(2,16)10-6-4-9(5-7-10)8-14-11(15)13-3/h4-7,16H,8H2,1-3H3,(H2,13,14,15). The minimum absolute atomic E-state index is 0.202. The van der Waals surface area contributed by atoms with Crippen molar-refractivity contribution in [1.82, 2.24) is 10.6 Å². The summed E-state index contributed by atoms with van der Waals surface area (Å²) in [5, 5.41) is 14.9. The molecule has 16 heavy (non-hydrogen) atoms. The third kappa shape index (κ3) is 3.55. The van der Waals surface area contributed by atoms with Gasteiger partial charge in [-0.2, -0.15) is 0 Å². The van der Waals surface area contributed by atoms with Gasteiger partial charge < -0.3 is 15.7 Å². The molecule has 88 valence electrons. The average Bonchev–Trinajstić information content (AvgIpc) is 2.25. The second-order valence-corrected chi connectivity index (χ2v) is 4.19. The van der Waals surface area contributed by atoms with Gasteiger partial charge in [0.2, 0.25) is 0 Å². The Morgan fingerprint density at radius 1 is 1.31 bits per heavy atom. The molecule has 0 saturated carbocycles. The quantitative estimate of drug-likeness (QED) is 0.722. The van der Waals surface area contributed by atoms with Crippen molar-refractivity contribution in [2.24, 2.45) is 0 Å². The summed E-state index contributed by atoms with van der Waals surface area (Å²) >= 11 is 0. The number of benzene rings is 1. The van der Waals surface area contributed by atoms with Crippen LogP contribution in [0.5, 0.6) is 0 Å². The number of carbonyl (C=O) groups excluding carboxylic acids is 1. The highest BCUT2D eigenvalue weighted by Crippen LogP contribution is 2.19. The molecular weight excluding hydrogens is 204 g/mol. The van der Waals surface area contributed by atoms with Gasteiger partial charge in [0, 0.05) is 13.6 Å². The van der Waals surface area contributed by atoms with E-state index in [1.807, 2.05) is 24.3 Å². The fourth-order valence-corrected chi connectivity index (χ4v) is 1.30. The van der Waals surface area contributed by atoms with Crippen LogP contribution in [-0.2, 0) is 12.1 Å². The van der Waals surface area contributed by atoms with Crippen LogP contribution in [0.3, 0.4) is 0 Å². The van der Waals surface area contributed by atoms with Crippen molar-refractivity contribution in [3.8, 4) is 0 Å². The van der Waals surface area contributed by atoms with E-state index in [-0.39, 0.29) is 6.03 Å². The van der Waals surface area contributed by atoms with Gasteiger partial charge in [-0.1, -0.05) is 24.3 Å². The highest BCUT2D eigenvalue weighted by atomic mass is 16.3. The third-order valence-corrected chi connectivity index (χ3v) is 2.34. The first-order valence-corrected chi connectivity index (χ1v) is 5.21. The van der Waals surface area contributed by atoms with Gasteiger partial charge in [-0.25, -0.2) is 4.79 Å². The minimum atomic E-state index is -0.827. The zero-order chi connectivity index (χ0) is 12.2. The van der Waals surface area contributed by atoms with Crippen molar-refractivity contribution < 1.29 is 9.90 Å². The summed E-state index contributed by atoms with van der Waals surface area (Å²) in [4.78, 5) is 10.9. The van der Waals surface area contributed by atoms with E-state index in [9.17, 15) is 9.90 Å². The minimum Gasteiger partial charge on any atom is -0.386 e. The molecule has 0 saturated heterocycles. The SMILES string of the molecule is CNC(=O)NCc1ccc(C(C)(C)O)cc1. The molecule has 4 nitrogen and oxygen atoms in total. The Hall–Kier alpha value is -1.55. The van der Waals surface area contributed by atoms with Crippen LogP contribution >= 0.6 is 0 Å². The number of urea groups is 1. The molecule has 1 rings (SSSR count). The van der Waals surface area contributed by atoms with Crippen molar-refractivity contribution in [2.45, 2.75) is 26.0 Å². The smallest absolute Gasteiger partial charge is 0.314 e. The summed E-state index contributed by atoms with van der Waals surface area (Å²) in [5.74, 6) is 0. The molecular formula is C12H18N2O2. The van der Waals surface area contributed by atoms with Gasteiger partial charge in [-0.05, 0) is 25.0 Å². The molecule has 0 aliphatic rings. The lowest BCUT2D eigenvalue weighted by Gasteiger charge is -2.17. The molecule has 4 heteroatoms. The van der Waals surface area contributed by atoms with Gasteiger partial charge in [-0.15, -0.1) is 0 Å². The second-order valence-electron chi connectivity index (χ2n) is 4.19. The predicted octanol–water partition coefficient (Wildman–Crippen LogP) is 1.34. The van der Waals surface area contributed by atoms with E-state index in [0.717, 1.165) is 11.1 Å². The van der Waals surface area contributed by atoms with Crippen molar-refractivity contribution in [3.63, 3.8) is 0 Å². The highest BCUT2D eigenvalue weighted by molar-refractivity contribution is 5.73. The van der Waals surface area contributed by atoms with Gasteiger partial charge in [0.05, 0.1) is 5.60 Å². The lowest BCUT2D eigenvalue weighted by molar-refractivity contribution is 0.0786. The Morgan fingerprint density at radius 3 is 2.31 bits per heavy atom. The molecule has 0 aliphatic heterocycles. The Bertz CT molecular complexity index is 352. The topological polar surface area (TPSA) is 61.4 Å². The van der Waals surface area contributed by atoms with E-state index in [0.29, 0.717) is 6.54 Å². The number of carbonyl (C=O) groups is 1. The summed E-state index contributed by atoms with van der Waals surface area (Å²) in [6, 6.07) is 7.31. The van der Waals surface area contributed by atoms with E-state index in [1.54, 1.807) is 20.9 Å². The molecule has 0 unspecified atom stereocenters. The molecule has 0 aromatic heterocycles. The predicted molar refractivity (Wildman–Crippen MR) is 63.0 cm³/mol. The molecule has 0 fully saturated rings. The molecule has 2 amide bonds. The van der Waals surface area contributed by atoms with Gasteiger partial charge >= 0.3 is 6.03 Å².